The highest BCUT2D eigenvalue weighted by Crippen LogP contribution is 2.55. The second kappa shape index (κ2) is 8.90. The summed E-state index contributed by atoms with van der Waals surface area (Å²) in [4.78, 5) is 0. The molecule has 0 heteroatoms. The number of hydrogen-bond donors (Lipinski definition) is 0. The summed E-state index contributed by atoms with van der Waals surface area (Å²) in [6.07, 6.45) is 0. The average molecular weight is 547 g/mol. The number of fused-ring (bicyclic) bond motifs is 10. The van der Waals surface area contributed by atoms with Gasteiger partial charge in [-0.1, -0.05) is 147 Å². The van der Waals surface area contributed by atoms with E-state index in [1.165, 1.54) is 87.6 Å². The van der Waals surface area contributed by atoms with E-state index >= 15 is 0 Å². The van der Waals surface area contributed by atoms with Crippen molar-refractivity contribution >= 4 is 43.1 Å². The van der Waals surface area contributed by atoms with Crippen LogP contribution in [0.2, 0.25) is 0 Å². The smallest absolute Gasteiger partial charge is 0.0165 e. The van der Waals surface area contributed by atoms with Crippen LogP contribution in [0.5, 0.6) is 0 Å². The van der Waals surface area contributed by atoms with E-state index in [1.54, 1.807) is 0 Å². The highest BCUT2D eigenvalue weighted by molar-refractivity contribution is 6.20. The standard InChI is InChI=1S/C43H30/c1-43(2)40-20-8-7-17-37(40)41-38-25-29(33-18-9-13-27-11-3-5-15-31(27)33)21-23-35(38)36-24-22-30(26-39(36)42(41)43)34-19-10-14-28-12-4-6-16-32(28)34/h3-26H,1-2H3. The summed E-state index contributed by atoms with van der Waals surface area (Å²) >= 11 is 0. The van der Waals surface area contributed by atoms with E-state index in [-0.39, 0.29) is 5.41 Å². The van der Waals surface area contributed by atoms with Gasteiger partial charge >= 0.3 is 0 Å². The molecule has 0 atom stereocenters. The zero-order chi connectivity index (χ0) is 28.7. The summed E-state index contributed by atoms with van der Waals surface area (Å²) in [5, 5.41) is 10.5. The van der Waals surface area contributed by atoms with Gasteiger partial charge in [0.25, 0.3) is 0 Å². The zero-order valence-corrected chi connectivity index (χ0v) is 24.4. The Morgan fingerprint density at radius 2 is 0.860 bits per heavy atom. The zero-order valence-electron chi connectivity index (χ0n) is 24.4. The lowest BCUT2D eigenvalue weighted by Gasteiger charge is -2.24. The molecule has 0 bridgehead atoms. The molecule has 0 saturated carbocycles. The molecule has 1 aliphatic carbocycles. The summed E-state index contributed by atoms with van der Waals surface area (Å²) in [5.41, 5.74) is 10.6. The van der Waals surface area contributed by atoms with E-state index in [4.69, 9.17) is 0 Å². The predicted octanol–water partition coefficient (Wildman–Crippen LogP) is 11.9. The molecule has 0 amide bonds. The Kier molecular flexibility index (Phi) is 5.05. The SMILES string of the molecule is CC1(C)c2ccccc2-c2c1c1cc(-c3cccc4ccccc34)ccc1c1ccc(-c3cccc4ccccc34)cc21. The molecule has 43 heavy (non-hydrogen) atoms. The van der Waals surface area contributed by atoms with E-state index < -0.39 is 0 Å². The third-order valence-corrected chi connectivity index (χ3v) is 9.81. The minimum Gasteiger partial charge on any atom is -0.0619 e. The first kappa shape index (κ1) is 24.4. The lowest BCUT2D eigenvalue weighted by molar-refractivity contribution is 0.666. The van der Waals surface area contributed by atoms with Gasteiger partial charge in [-0.05, 0) is 99.7 Å². The lowest BCUT2D eigenvalue weighted by Crippen LogP contribution is -2.15. The minimum absolute atomic E-state index is 0.120. The van der Waals surface area contributed by atoms with Crippen molar-refractivity contribution in [3.05, 3.63) is 157 Å². The Labute approximate surface area is 251 Å². The van der Waals surface area contributed by atoms with E-state index in [2.05, 4.69) is 159 Å². The third-order valence-electron chi connectivity index (χ3n) is 9.81. The molecule has 202 valence electrons. The van der Waals surface area contributed by atoms with E-state index in [1.807, 2.05) is 0 Å². The van der Waals surface area contributed by atoms with Crippen LogP contribution in [0.25, 0.3) is 76.5 Å². The van der Waals surface area contributed by atoms with Crippen molar-refractivity contribution in [3.63, 3.8) is 0 Å². The van der Waals surface area contributed by atoms with Crippen molar-refractivity contribution in [3.8, 4) is 33.4 Å². The second-order valence-corrected chi connectivity index (χ2v) is 12.5. The van der Waals surface area contributed by atoms with Crippen LogP contribution in [0.1, 0.15) is 25.0 Å². The molecule has 0 radical (unpaired) electrons. The second-order valence-electron chi connectivity index (χ2n) is 12.5. The van der Waals surface area contributed by atoms with Gasteiger partial charge in [0.1, 0.15) is 0 Å². The molecule has 0 heterocycles. The largest absolute Gasteiger partial charge is 0.0619 e. The van der Waals surface area contributed by atoms with Gasteiger partial charge in [0, 0.05) is 5.41 Å². The Hall–Kier alpha value is -5.20. The summed E-state index contributed by atoms with van der Waals surface area (Å²) in [7, 11) is 0. The molecule has 0 N–H and O–H groups in total. The maximum Gasteiger partial charge on any atom is 0.0165 e. The van der Waals surface area contributed by atoms with Crippen molar-refractivity contribution in [1.29, 1.82) is 0 Å². The molecule has 0 aromatic heterocycles. The van der Waals surface area contributed by atoms with Crippen molar-refractivity contribution in [2.75, 3.05) is 0 Å². The molecule has 0 aliphatic heterocycles. The maximum atomic E-state index is 2.46. The van der Waals surface area contributed by atoms with Crippen LogP contribution in [0.4, 0.5) is 0 Å². The predicted molar refractivity (Wildman–Crippen MR) is 185 cm³/mol. The van der Waals surface area contributed by atoms with Crippen LogP contribution in [0.15, 0.2) is 146 Å². The fourth-order valence-corrected chi connectivity index (χ4v) is 7.84. The fourth-order valence-electron chi connectivity index (χ4n) is 7.84. The number of hydrogen-bond acceptors (Lipinski definition) is 0. The van der Waals surface area contributed by atoms with Gasteiger partial charge in [0.2, 0.25) is 0 Å². The summed E-state index contributed by atoms with van der Waals surface area (Å²) in [5.74, 6) is 0. The molecule has 0 nitrogen and oxygen atoms in total. The fraction of sp³-hybridized carbons (Fsp3) is 0.0698. The molecule has 0 saturated heterocycles. The van der Waals surface area contributed by atoms with Crippen LogP contribution in [0, 0.1) is 0 Å². The summed E-state index contributed by atoms with van der Waals surface area (Å²) in [6, 6.07) is 54.1. The number of rotatable bonds is 2. The van der Waals surface area contributed by atoms with E-state index in [9.17, 15) is 0 Å². The quantitative estimate of drug-likeness (QED) is 0.189. The normalized spacial score (nSPS) is 13.5. The van der Waals surface area contributed by atoms with Crippen LogP contribution in [-0.4, -0.2) is 0 Å². The highest BCUT2D eigenvalue weighted by Gasteiger charge is 2.38. The van der Waals surface area contributed by atoms with Gasteiger partial charge in [0.15, 0.2) is 0 Å². The van der Waals surface area contributed by atoms with Crippen molar-refractivity contribution in [1.82, 2.24) is 0 Å². The average Bonchev–Trinajstić information content (AvgIpc) is 3.31. The van der Waals surface area contributed by atoms with Crippen LogP contribution in [0.3, 0.4) is 0 Å². The Morgan fingerprint density at radius 1 is 0.372 bits per heavy atom. The molecule has 0 fully saturated rings. The molecule has 0 unspecified atom stereocenters. The van der Waals surface area contributed by atoms with Crippen LogP contribution >= 0.6 is 0 Å². The first-order valence-electron chi connectivity index (χ1n) is 15.2. The highest BCUT2D eigenvalue weighted by atomic mass is 14.4. The van der Waals surface area contributed by atoms with Gasteiger partial charge in [-0.2, -0.15) is 0 Å². The monoisotopic (exact) mass is 546 g/mol. The van der Waals surface area contributed by atoms with Gasteiger partial charge in [0.05, 0.1) is 0 Å². The van der Waals surface area contributed by atoms with Gasteiger partial charge in [-0.25, -0.2) is 0 Å². The van der Waals surface area contributed by atoms with Crippen molar-refractivity contribution in [2.45, 2.75) is 19.3 Å². The first-order valence-corrected chi connectivity index (χ1v) is 15.2. The van der Waals surface area contributed by atoms with E-state index in [0.29, 0.717) is 0 Å². The van der Waals surface area contributed by atoms with Crippen molar-refractivity contribution in [2.24, 2.45) is 0 Å². The first-order chi connectivity index (χ1) is 21.1. The molecule has 8 aromatic carbocycles. The molecule has 8 aromatic rings. The number of benzene rings is 8. The van der Waals surface area contributed by atoms with Gasteiger partial charge in [-0.3, -0.25) is 0 Å². The molecule has 1 aliphatic rings. The molecule has 0 spiro atoms. The molecular weight excluding hydrogens is 516 g/mol. The maximum absolute atomic E-state index is 2.46. The lowest BCUT2D eigenvalue weighted by atomic mass is 9.78. The van der Waals surface area contributed by atoms with Crippen LogP contribution in [-0.2, 0) is 5.41 Å². The Morgan fingerprint density at radius 3 is 1.51 bits per heavy atom. The van der Waals surface area contributed by atoms with Crippen LogP contribution < -0.4 is 0 Å². The Balaban J connectivity index is 1.39. The third kappa shape index (κ3) is 3.44. The topological polar surface area (TPSA) is 0 Å². The minimum atomic E-state index is -0.120. The summed E-state index contributed by atoms with van der Waals surface area (Å²) in [6.45, 7) is 4.81. The van der Waals surface area contributed by atoms with Gasteiger partial charge in [-0.15, -0.1) is 0 Å². The Bertz CT molecular complexity index is 2410. The summed E-state index contributed by atoms with van der Waals surface area (Å²) < 4.78 is 0. The van der Waals surface area contributed by atoms with Gasteiger partial charge < -0.3 is 0 Å². The van der Waals surface area contributed by atoms with Crippen molar-refractivity contribution < 1.29 is 0 Å². The van der Waals surface area contributed by atoms with E-state index in [0.717, 1.165) is 0 Å². The molecule has 9 rings (SSSR count). The molecular formula is C43H30.